The highest BCUT2D eigenvalue weighted by Crippen LogP contribution is 2.34. The molecule has 0 saturated heterocycles. The third-order valence-corrected chi connectivity index (χ3v) is 5.19. The van der Waals surface area contributed by atoms with Crippen LogP contribution in [0.15, 0.2) is 54.6 Å². The fraction of sp³-hybridized carbons (Fsp3) is 0.375. The lowest BCUT2D eigenvalue weighted by atomic mass is 9.82. The van der Waals surface area contributed by atoms with E-state index in [2.05, 4.69) is 43.3 Å². The predicted molar refractivity (Wildman–Crippen MR) is 110 cm³/mol. The van der Waals surface area contributed by atoms with E-state index >= 15 is 0 Å². The first-order valence-corrected chi connectivity index (χ1v) is 9.87. The summed E-state index contributed by atoms with van der Waals surface area (Å²) in [6.45, 7) is 0.953. The van der Waals surface area contributed by atoms with E-state index < -0.39 is 0 Å². The second kappa shape index (κ2) is 9.65. The second-order valence-corrected chi connectivity index (χ2v) is 7.77. The number of rotatable bonds is 6. The topological polar surface area (TPSA) is 29.5 Å². The van der Waals surface area contributed by atoms with Gasteiger partial charge in [-0.25, -0.2) is 9.18 Å². The summed E-state index contributed by atoms with van der Waals surface area (Å²) in [7, 11) is 4.15. The molecule has 0 unspecified atom stereocenters. The molecule has 2 aromatic rings. The number of halogens is 1. The molecule has 3 nitrogen and oxygen atoms in total. The minimum absolute atomic E-state index is 0.0189. The molecule has 0 atom stereocenters. The van der Waals surface area contributed by atoms with Crippen molar-refractivity contribution < 1.29 is 13.9 Å². The lowest BCUT2D eigenvalue weighted by Gasteiger charge is -2.28. The number of nitrogens with zero attached hydrogens (tertiary/aromatic N) is 1. The van der Waals surface area contributed by atoms with Crippen LogP contribution in [0.1, 0.15) is 48.3 Å². The Kier molecular flexibility index (Phi) is 6.99. The van der Waals surface area contributed by atoms with Gasteiger partial charge in [-0.15, -0.1) is 0 Å². The number of hydrogen-bond donors (Lipinski definition) is 0. The Morgan fingerprint density at radius 2 is 1.68 bits per heavy atom. The second-order valence-electron chi connectivity index (χ2n) is 7.77. The summed E-state index contributed by atoms with van der Waals surface area (Å²) in [4.78, 5) is 14.2. The minimum Gasteiger partial charge on any atom is -0.459 e. The SMILES string of the molecule is CN(C)Cc1ccc(C2CCC(OC(=O)/C=C/c3ccc(F)cc3)CC2)cc1. The monoisotopic (exact) mass is 381 g/mol. The van der Waals surface area contributed by atoms with Crippen LogP contribution in [0, 0.1) is 5.82 Å². The Bertz CT molecular complexity index is 788. The van der Waals surface area contributed by atoms with Crippen molar-refractivity contribution in [2.45, 2.75) is 44.2 Å². The van der Waals surface area contributed by atoms with Crippen LogP contribution < -0.4 is 0 Å². The minimum atomic E-state index is -0.333. The number of benzene rings is 2. The largest absolute Gasteiger partial charge is 0.459 e. The predicted octanol–water partition coefficient (Wildman–Crippen LogP) is 5.17. The molecule has 148 valence electrons. The molecule has 1 aliphatic carbocycles. The smallest absolute Gasteiger partial charge is 0.331 e. The van der Waals surface area contributed by atoms with Crippen molar-refractivity contribution in [2.24, 2.45) is 0 Å². The van der Waals surface area contributed by atoms with Gasteiger partial charge in [-0.2, -0.15) is 0 Å². The van der Waals surface area contributed by atoms with Gasteiger partial charge in [-0.05, 0) is 80.6 Å². The van der Waals surface area contributed by atoms with E-state index in [0.29, 0.717) is 5.92 Å². The van der Waals surface area contributed by atoms with Crippen molar-refractivity contribution in [1.29, 1.82) is 0 Å². The molecule has 0 amide bonds. The third-order valence-electron chi connectivity index (χ3n) is 5.19. The number of carbonyl (C=O) groups excluding carboxylic acids is 1. The molecule has 1 saturated carbocycles. The highest BCUT2D eigenvalue weighted by Gasteiger charge is 2.24. The molecule has 0 spiro atoms. The van der Waals surface area contributed by atoms with Crippen LogP contribution in [0.4, 0.5) is 4.39 Å². The van der Waals surface area contributed by atoms with Gasteiger partial charge in [0.05, 0.1) is 0 Å². The molecule has 1 fully saturated rings. The first-order chi connectivity index (χ1) is 13.5. The number of hydrogen-bond acceptors (Lipinski definition) is 3. The molecule has 0 N–H and O–H groups in total. The van der Waals surface area contributed by atoms with Crippen molar-refractivity contribution in [3.05, 3.63) is 77.1 Å². The van der Waals surface area contributed by atoms with Crippen molar-refractivity contribution in [1.82, 2.24) is 4.90 Å². The van der Waals surface area contributed by atoms with E-state index in [0.717, 1.165) is 37.8 Å². The van der Waals surface area contributed by atoms with Crippen molar-refractivity contribution in [3.8, 4) is 0 Å². The fourth-order valence-electron chi connectivity index (χ4n) is 3.72. The molecule has 0 heterocycles. The van der Waals surface area contributed by atoms with Crippen LogP contribution in [-0.4, -0.2) is 31.1 Å². The van der Waals surface area contributed by atoms with E-state index in [9.17, 15) is 9.18 Å². The standard InChI is InChI=1S/C24H28FNO2/c1-26(2)17-19-3-8-20(9-4-19)21-10-14-23(15-11-21)28-24(27)16-7-18-5-12-22(25)13-6-18/h3-9,12-13,16,21,23H,10-11,14-15,17H2,1-2H3/b16-7+. The first-order valence-electron chi connectivity index (χ1n) is 9.87. The Balaban J connectivity index is 1.45. The van der Waals surface area contributed by atoms with Gasteiger partial charge in [0.2, 0.25) is 0 Å². The van der Waals surface area contributed by atoms with Gasteiger partial charge >= 0.3 is 5.97 Å². The Labute approximate surface area is 166 Å². The molecule has 0 aliphatic heterocycles. The van der Waals surface area contributed by atoms with Gasteiger partial charge in [-0.3, -0.25) is 0 Å². The molecule has 4 heteroatoms. The molecule has 1 aliphatic rings. The van der Waals surface area contributed by atoms with Gasteiger partial charge in [0.25, 0.3) is 0 Å². The van der Waals surface area contributed by atoms with E-state index in [4.69, 9.17) is 4.74 Å². The average molecular weight is 381 g/mol. The Morgan fingerprint density at radius 1 is 1.04 bits per heavy atom. The molecular weight excluding hydrogens is 353 g/mol. The van der Waals surface area contributed by atoms with Crippen LogP contribution >= 0.6 is 0 Å². The lowest BCUT2D eigenvalue weighted by Crippen LogP contribution is -2.23. The van der Waals surface area contributed by atoms with Crippen LogP contribution in [0.25, 0.3) is 6.08 Å². The zero-order valence-corrected chi connectivity index (χ0v) is 16.6. The summed E-state index contributed by atoms with van der Waals surface area (Å²) in [5.41, 5.74) is 3.48. The highest BCUT2D eigenvalue weighted by atomic mass is 19.1. The van der Waals surface area contributed by atoms with Crippen molar-refractivity contribution in [3.63, 3.8) is 0 Å². The molecule has 0 bridgehead atoms. The summed E-state index contributed by atoms with van der Waals surface area (Å²) >= 11 is 0. The molecule has 0 radical (unpaired) electrons. The number of ether oxygens (including phenoxy) is 1. The van der Waals surface area contributed by atoms with Crippen LogP contribution in [0.5, 0.6) is 0 Å². The van der Waals surface area contributed by atoms with E-state index in [1.165, 1.54) is 29.3 Å². The summed E-state index contributed by atoms with van der Waals surface area (Å²) < 4.78 is 18.5. The summed E-state index contributed by atoms with van der Waals surface area (Å²) in [6.07, 6.45) is 6.90. The van der Waals surface area contributed by atoms with E-state index in [1.54, 1.807) is 18.2 Å². The third kappa shape index (κ3) is 6.03. The fourth-order valence-corrected chi connectivity index (χ4v) is 3.72. The maximum Gasteiger partial charge on any atom is 0.331 e. The zero-order chi connectivity index (χ0) is 19.9. The number of esters is 1. The molecule has 28 heavy (non-hydrogen) atoms. The summed E-state index contributed by atoms with van der Waals surface area (Å²) in [5, 5.41) is 0. The highest BCUT2D eigenvalue weighted by molar-refractivity contribution is 5.87. The number of carbonyl (C=O) groups is 1. The summed E-state index contributed by atoms with van der Waals surface area (Å²) in [6, 6.07) is 14.9. The molecule has 2 aromatic carbocycles. The van der Waals surface area contributed by atoms with Gasteiger partial charge in [0, 0.05) is 12.6 Å². The van der Waals surface area contributed by atoms with Crippen LogP contribution in [-0.2, 0) is 16.1 Å². The van der Waals surface area contributed by atoms with Gasteiger partial charge in [-0.1, -0.05) is 36.4 Å². The lowest BCUT2D eigenvalue weighted by molar-refractivity contribution is -0.144. The Hall–Kier alpha value is -2.46. The molecule has 0 aromatic heterocycles. The van der Waals surface area contributed by atoms with Crippen molar-refractivity contribution >= 4 is 12.0 Å². The van der Waals surface area contributed by atoms with Gasteiger partial charge in [0.1, 0.15) is 11.9 Å². The van der Waals surface area contributed by atoms with Gasteiger partial charge in [0.15, 0.2) is 0 Å². The molecular formula is C24H28FNO2. The van der Waals surface area contributed by atoms with E-state index in [-0.39, 0.29) is 17.9 Å². The first kappa shape index (κ1) is 20.3. The Morgan fingerprint density at radius 3 is 2.29 bits per heavy atom. The molecule has 3 rings (SSSR count). The zero-order valence-electron chi connectivity index (χ0n) is 16.6. The van der Waals surface area contributed by atoms with Crippen LogP contribution in [0.3, 0.4) is 0 Å². The normalized spacial score (nSPS) is 19.9. The maximum atomic E-state index is 12.9. The van der Waals surface area contributed by atoms with Crippen LogP contribution in [0.2, 0.25) is 0 Å². The maximum absolute atomic E-state index is 12.9. The van der Waals surface area contributed by atoms with Crippen molar-refractivity contribution in [2.75, 3.05) is 14.1 Å². The summed E-state index contributed by atoms with van der Waals surface area (Å²) in [5.74, 6) is -0.0808. The quantitative estimate of drug-likeness (QED) is 0.511. The van der Waals surface area contributed by atoms with E-state index in [1.807, 2.05) is 0 Å². The average Bonchev–Trinajstić information content (AvgIpc) is 2.68. The van der Waals surface area contributed by atoms with Gasteiger partial charge < -0.3 is 9.64 Å².